The summed E-state index contributed by atoms with van der Waals surface area (Å²) in [6.45, 7) is 15.3. The average Bonchev–Trinajstić information content (AvgIpc) is 2.75. The number of fused-ring (bicyclic) bond motifs is 1. The Hall–Kier alpha value is -0.610. The van der Waals surface area contributed by atoms with E-state index in [1.807, 2.05) is 0 Å². The van der Waals surface area contributed by atoms with Crippen molar-refractivity contribution in [2.75, 3.05) is 20.1 Å². The molecule has 140 valence electrons. The van der Waals surface area contributed by atoms with Crippen molar-refractivity contribution < 1.29 is 4.79 Å². The maximum atomic E-state index is 12.6. The molecule has 1 saturated carbocycles. The molecule has 2 rings (SSSR count). The van der Waals surface area contributed by atoms with Crippen molar-refractivity contribution >= 4 is 5.91 Å². The molecule has 4 heteroatoms. The maximum Gasteiger partial charge on any atom is 0.223 e. The standard InChI is InChI=1S/C20H39N3O/c1-13(2)23(14(3)4)11-10-21-20(24)17-8-9-19-18(12-17)15(5)16(6)22(19)7/h13-19H,8-12H2,1-7H3,(H,21,24). The van der Waals surface area contributed by atoms with Gasteiger partial charge in [-0.1, -0.05) is 6.92 Å². The minimum atomic E-state index is 0.221. The van der Waals surface area contributed by atoms with Gasteiger partial charge in [-0.15, -0.1) is 0 Å². The van der Waals surface area contributed by atoms with Crippen LogP contribution in [0.15, 0.2) is 0 Å². The molecule has 1 saturated heterocycles. The van der Waals surface area contributed by atoms with Crippen LogP contribution in [0.3, 0.4) is 0 Å². The number of hydrogen-bond donors (Lipinski definition) is 1. The Labute approximate surface area is 149 Å². The summed E-state index contributed by atoms with van der Waals surface area (Å²) < 4.78 is 0. The second-order valence-corrected chi connectivity index (χ2v) is 8.72. The third kappa shape index (κ3) is 4.13. The molecule has 1 N–H and O–H groups in total. The lowest BCUT2D eigenvalue weighted by molar-refractivity contribution is -0.126. The Balaban J connectivity index is 1.82. The van der Waals surface area contributed by atoms with Gasteiger partial charge in [-0.25, -0.2) is 0 Å². The average molecular weight is 338 g/mol. The maximum absolute atomic E-state index is 12.6. The molecular formula is C20H39N3O. The van der Waals surface area contributed by atoms with Gasteiger partial charge >= 0.3 is 0 Å². The van der Waals surface area contributed by atoms with Crippen LogP contribution in [0.5, 0.6) is 0 Å². The zero-order chi connectivity index (χ0) is 18.0. The number of carbonyl (C=O) groups is 1. The van der Waals surface area contributed by atoms with Crippen LogP contribution < -0.4 is 5.32 Å². The van der Waals surface area contributed by atoms with Crippen LogP contribution in [0.2, 0.25) is 0 Å². The number of nitrogens with one attached hydrogen (secondary N) is 1. The van der Waals surface area contributed by atoms with Crippen molar-refractivity contribution in [2.45, 2.75) is 85.0 Å². The molecular weight excluding hydrogens is 298 g/mol. The molecule has 0 aromatic carbocycles. The van der Waals surface area contributed by atoms with Crippen LogP contribution in [-0.4, -0.2) is 60.0 Å². The number of likely N-dealkylation sites (tertiary alicyclic amines) is 1. The molecule has 1 heterocycles. The van der Waals surface area contributed by atoms with Crippen molar-refractivity contribution in [1.29, 1.82) is 0 Å². The van der Waals surface area contributed by atoms with E-state index in [9.17, 15) is 4.79 Å². The molecule has 24 heavy (non-hydrogen) atoms. The SMILES string of the molecule is CC1C2CC(C(=O)NCCN(C(C)C)C(C)C)CCC2N(C)C1C. The van der Waals surface area contributed by atoms with Crippen molar-refractivity contribution in [3.63, 3.8) is 0 Å². The first kappa shape index (κ1) is 19.7. The monoisotopic (exact) mass is 337 g/mol. The first-order valence-corrected chi connectivity index (χ1v) is 9.99. The number of hydrogen-bond acceptors (Lipinski definition) is 3. The first-order valence-electron chi connectivity index (χ1n) is 9.99. The lowest BCUT2D eigenvalue weighted by Crippen LogP contribution is -2.45. The number of amides is 1. The quantitative estimate of drug-likeness (QED) is 0.809. The molecule has 2 aliphatic rings. The molecule has 5 atom stereocenters. The van der Waals surface area contributed by atoms with Crippen LogP contribution in [0, 0.1) is 17.8 Å². The van der Waals surface area contributed by atoms with E-state index in [-0.39, 0.29) is 11.8 Å². The Bertz CT molecular complexity index is 415. The van der Waals surface area contributed by atoms with Gasteiger partial charge in [-0.05, 0) is 72.8 Å². The van der Waals surface area contributed by atoms with Crippen molar-refractivity contribution in [2.24, 2.45) is 17.8 Å². The van der Waals surface area contributed by atoms with E-state index in [0.717, 1.165) is 25.9 Å². The molecule has 1 aliphatic heterocycles. The van der Waals surface area contributed by atoms with E-state index < -0.39 is 0 Å². The molecule has 0 spiro atoms. The topological polar surface area (TPSA) is 35.6 Å². The van der Waals surface area contributed by atoms with Gasteiger partial charge < -0.3 is 10.2 Å². The molecule has 0 aromatic heterocycles. The van der Waals surface area contributed by atoms with E-state index in [4.69, 9.17) is 0 Å². The number of rotatable bonds is 6. The highest BCUT2D eigenvalue weighted by Gasteiger charge is 2.46. The van der Waals surface area contributed by atoms with Crippen LogP contribution in [0.25, 0.3) is 0 Å². The Morgan fingerprint density at radius 1 is 1.17 bits per heavy atom. The predicted octanol–water partition coefficient (Wildman–Crippen LogP) is 2.98. The summed E-state index contributed by atoms with van der Waals surface area (Å²) in [5.41, 5.74) is 0. The Morgan fingerprint density at radius 2 is 1.79 bits per heavy atom. The van der Waals surface area contributed by atoms with Gasteiger partial charge in [0.1, 0.15) is 0 Å². The summed E-state index contributed by atoms with van der Waals surface area (Å²) in [6.07, 6.45) is 3.30. The minimum absolute atomic E-state index is 0.221. The fourth-order valence-corrected chi connectivity index (χ4v) is 5.09. The molecule has 5 unspecified atom stereocenters. The van der Waals surface area contributed by atoms with Crippen LogP contribution in [0.4, 0.5) is 0 Å². The second kappa shape index (κ2) is 8.18. The zero-order valence-corrected chi connectivity index (χ0v) is 16.9. The fraction of sp³-hybridized carbons (Fsp3) is 0.950. The first-order chi connectivity index (χ1) is 11.2. The highest BCUT2D eigenvalue weighted by atomic mass is 16.1. The number of carbonyl (C=O) groups excluding carboxylic acids is 1. The predicted molar refractivity (Wildman–Crippen MR) is 101 cm³/mol. The highest BCUT2D eigenvalue weighted by molar-refractivity contribution is 5.78. The van der Waals surface area contributed by atoms with Crippen LogP contribution in [0.1, 0.15) is 60.8 Å². The van der Waals surface area contributed by atoms with Gasteiger partial charge in [-0.2, -0.15) is 0 Å². The van der Waals surface area contributed by atoms with Gasteiger partial charge in [0.15, 0.2) is 0 Å². The summed E-state index contributed by atoms with van der Waals surface area (Å²) >= 11 is 0. The molecule has 2 fully saturated rings. The highest BCUT2D eigenvalue weighted by Crippen LogP contribution is 2.44. The summed E-state index contributed by atoms with van der Waals surface area (Å²) in [6, 6.07) is 2.38. The van der Waals surface area contributed by atoms with E-state index in [1.165, 1.54) is 6.42 Å². The van der Waals surface area contributed by atoms with Crippen LogP contribution >= 0.6 is 0 Å². The third-order valence-corrected chi connectivity index (χ3v) is 6.83. The van der Waals surface area contributed by atoms with Gasteiger partial charge in [0.2, 0.25) is 5.91 Å². The summed E-state index contributed by atoms with van der Waals surface area (Å²) in [4.78, 5) is 17.6. The Kier molecular flexibility index (Phi) is 6.72. The third-order valence-electron chi connectivity index (χ3n) is 6.83. The minimum Gasteiger partial charge on any atom is -0.355 e. The zero-order valence-electron chi connectivity index (χ0n) is 16.9. The van der Waals surface area contributed by atoms with Crippen molar-refractivity contribution in [3.05, 3.63) is 0 Å². The second-order valence-electron chi connectivity index (χ2n) is 8.72. The smallest absolute Gasteiger partial charge is 0.223 e. The lowest BCUT2D eigenvalue weighted by Gasteiger charge is -2.35. The van der Waals surface area contributed by atoms with Gasteiger partial charge in [0, 0.05) is 43.2 Å². The molecule has 0 aromatic rings. The lowest BCUT2D eigenvalue weighted by atomic mass is 9.74. The normalized spacial score (nSPS) is 34.2. The Morgan fingerprint density at radius 3 is 2.38 bits per heavy atom. The van der Waals surface area contributed by atoms with Gasteiger partial charge in [0.25, 0.3) is 0 Å². The summed E-state index contributed by atoms with van der Waals surface area (Å²) in [7, 11) is 2.26. The van der Waals surface area contributed by atoms with Crippen LogP contribution in [-0.2, 0) is 4.79 Å². The largest absolute Gasteiger partial charge is 0.355 e. The molecule has 1 aliphatic carbocycles. The van der Waals surface area contributed by atoms with Gasteiger partial charge in [-0.3, -0.25) is 9.69 Å². The van der Waals surface area contributed by atoms with E-state index in [1.54, 1.807) is 0 Å². The molecule has 0 bridgehead atoms. The molecule has 1 amide bonds. The van der Waals surface area contributed by atoms with E-state index in [2.05, 4.69) is 63.7 Å². The fourth-order valence-electron chi connectivity index (χ4n) is 5.09. The number of nitrogens with zero attached hydrogens (tertiary/aromatic N) is 2. The van der Waals surface area contributed by atoms with E-state index in [0.29, 0.717) is 36.0 Å². The summed E-state index contributed by atoms with van der Waals surface area (Å²) in [5.74, 6) is 1.90. The van der Waals surface area contributed by atoms with Crippen molar-refractivity contribution in [1.82, 2.24) is 15.1 Å². The van der Waals surface area contributed by atoms with Crippen molar-refractivity contribution in [3.8, 4) is 0 Å². The molecule has 0 radical (unpaired) electrons. The summed E-state index contributed by atoms with van der Waals surface area (Å²) in [5, 5.41) is 3.22. The van der Waals surface area contributed by atoms with E-state index >= 15 is 0 Å². The molecule has 4 nitrogen and oxygen atoms in total. The van der Waals surface area contributed by atoms with Gasteiger partial charge in [0.05, 0.1) is 0 Å².